The number of carbonyl (C=O) groups is 2. The molecule has 4 heterocycles. The molecule has 4 atom stereocenters. The fourth-order valence-electron chi connectivity index (χ4n) is 8.54. The van der Waals surface area contributed by atoms with Crippen LogP contribution in [0.2, 0.25) is 18.6 Å². The lowest BCUT2D eigenvalue weighted by molar-refractivity contribution is -0.145. The third-order valence-corrected chi connectivity index (χ3v) is 15.5. The van der Waals surface area contributed by atoms with E-state index in [1.165, 1.54) is 10.2 Å². The predicted octanol–water partition coefficient (Wildman–Crippen LogP) is 5.19. The number of methoxy groups -OCH3 is 1. The molecular formula is C40H46N6O5Si. The van der Waals surface area contributed by atoms with Crippen molar-refractivity contribution < 1.29 is 24.2 Å². The minimum atomic E-state index is -2.38. The van der Waals surface area contributed by atoms with Gasteiger partial charge in [-0.2, -0.15) is 5.10 Å². The van der Waals surface area contributed by atoms with Crippen molar-refractivity contribution in [2.75, 3.05) is 30.2 Å². The Kier molecular flexibility index (Phi) is 9.72. The number of aliphatic hydroxyl groups excluding tert-OH is 1. The van der Waals surface area contributed by atoms with E-state index in [0.29, 0.717) is 44.5 Å². The van der Waals surface area contributed by atoms with Crippen molar-refractivity contribution in [3.8, 4) is 5.75 Å². The SMILES string of the molecule is C=CCN1C(=O)[C@@]2(O[C@@H](CCn3cc(CCO)nn3)[C@H]([Si](C)(C)c3ccc(OC)cc3)[C@H]2C)c2cc(N3N=C(c4ccccc4)CCC3=O)ccc21. The standard InChI is InChI=1S/C40H46N6O5Si/c1-6-22-45-35-18-12-30(46-37(48)19-17-34(42-46)28-10-8-7-9-11-28)25-33(35)40(39(45)49)27(2)38(52(4,5)32-15-13-31(50-3)14-16-32)36(51-40)20-23-44-26-29(21-24-47)41-43-44/h6-16,18,25-27,36,38,47H,1,17,19-24H2,2-5H3/t27-,36+,38-,40+/m1/s1. The van der Waals surface area contributed by atoms with E-state index >= 15 is 0 Å². The molecule has 1 aromatic heterocycles. The quantitative estimate of drug-likeness (QED) is 0.158. The number of benzene rings is 3. The van der Waals surface area contributed by atoms with Gasteiger partial charge in [0.25, 0.3) is 5.91 Å². The molecule has 0 unspecified atom stereocenters. The molecule has 0 radical (unpaired) electrons. The van der Waals surface area contributed by atoms with Gasteiger partial charge in [-0.05, 0) is 47.9 Å². The zero-order valence-corrected chi connectivity index (χ0v) is 31.2. The van der Waals surface area contributed by atoms with Gasteiger partial charge in [0.15, 0.2) is 5.60 Å². The number of amides is 2. The van der Waals surface area contributed by atoms with Crippen molar-refractivity contribution >= 4 is 42.2 Å². The first kappa shape index (κ1) is 35.5. The van der Waals surface area contributed by atoms with Crippen molar-refractivity contribution in [2.24, 2.45) is 11.0 Å². The van der Waals surface area contributed by atoms with Gasteiger partial charge in [-0.1, -0.05) is 79.0 Å². The van der Waals surface area contributed by atoms with Crippen LogP contribution < -0.4 is 19.8 Å². The number of carbonyl (C=O) groups excluding carboxylic acids is 2. The number of nitrogens with zero attached hydrogens (tertiary/aromatic N) is 6. The molecule has 1 N–H and O–H groups in total. The summed E-state index contributed by atoms with van der Waals surface area (Å²) in [7, 11) is -0.714. The summed E-state index contributed by atoms with van der Waals surface area (Å²) >= 11 is 0. The van der Waals surface area contributed by atoms with Crippen LogP contribution in [0.25, 0.3) is 0 Å². The molecule has 3 aliphatic rings. The van der Waals surface area contributed by atoms with Crippen LogP contribution in [0.4, 0.5) is 11.4 Å². The Labute approximate surface area is 305 Å². The highest BCUT2D eigenvalue weighted by molar-refractivity contribution is 6.91. The zero-order chi connectivity index (χ0) is 36.6. The van der Waals surface area contributed by atoms with E-state index in [4.69, 9.17) is 14.6 Å². The molecule has 1 saturated heterocycles. The van der Waals surface area contributed by atoms with Gasteiger partial charge in [0, 0.05) is 56.6 Å². The van der Waals surface area contributed by atoms with Crippen LogP contribution in [0.1, 0.15) is 43.0 Å². The number of aryl methyl sites for hydroxylation is 1. The van der Waals surface area contributed by atoms with Crippen molar-refractivity contribution in [3.05, 3.63) is 108 Å². The molecular weight excluding hydrogens is 673 g/mol. The summed E-state index contributed by atoms with van der Waals surface area (Å²) in [5.41, 5.74) is 3.37. The molecule has 0 aliphatic carbocycles. The van der Waals surface area contributed by atoms with E-state index in [1.807, 2.05) is 66.9 Å². The number of rotatable bonds is 12. The van der Waals surface area contributed by atoms with Crippen LogP contribution in [0, 0.1) is 5.92 Å². The molecule has 3 aromatic carbocycles. The second-order valence-electron chi connectivity index (χ2n) is 14.4. The molecule has 1 fully saturated rings. The monoisotopic (exact) mass is 718 g/mol. The summed E-state index contributed by atoms with van der Waals surface area (Å²) in [4.78, 5) is 30.2. The van der Waals surface area contributed by atoms with Crippen molar-refractivity contribution in [1.82, 2.24) is 15.0 Å². The summed E-state index contributed by atoms with van der Waals surface area (Å²) in [5.74, 6) is 0.348. The fraction of sp³-hybridized carbons (Fsp3) is 0.375. The first-order valence-corrected chi connectivity index (χ1v) is 21.1. The lowest BCUT2D eigenvalue weighted by atomic mass is 9.82. The molecule has 11 nitrogen and oxygen atoms in total. The molecule has 3 aliphatic heterocycles. The van der Waals surface area contributed by atoms with Crippen molar-refractivity contribution in [1.29, 1.82) is 0 Å². The second-order valence-corrected chi connectivity index (χ2v) is 19.1. The van der Waals surface area contributed by atoms with E-state index in [9.17, 15) is 14.7 Å². The van der Waals surface area contributed by atoms with Crippen molar-refractivity contribution in [2.45, 2.75) is 69.5 Å². The Bertz CT molecular complexity index is 2000. The number of hydrogen-bond donors (Lipinski definition) is 1. The Hall–Kier alpha value is -4.91. The topological polar surface area (TPSA) is 122 Å². The highest BCUT2D eigenvalue weighted by atomic mass is 28.3. The van der Waals surface area contributed by atoms with Gasteiger partial charge in [-0.15, -0.1) is 11.7 Å². The number of anilines is 2. The highest BCUT2D eigenvalue weighted by Gasteiger charge is 2.66. The highest BCUT2D eigenvalue weighted by Crippen LogP contribution is 2.60. The number of hydrazone groups is 1. The normalized spacial score (nSPS) is 22.9. The van der Waals surface area contributed by atoms with Crippen LogP contribution in [0.15, 0.2) is 96.7 Å². The maximum Gasteiger partial charge on any atom is 0.264 e. The Morgan fingerprint density at radius 1 is 1.08 bits per heavy atom. The maximum absolute atomic E-state index is 15.0. The van der Waals surface area contributed by atoms with Crippen LogP contribution in [-0.4, -0.2) is 72.1 Å². The van der Waals surface area contributed by atoms with Gasteiger partial charge in [0.2, 0.25) is 5.91 Å². The fourth-order valence-corrected chi connectivity index (χ4v) is 12.6. The average molecular weight is 719 g/mol. The summed E-state index contributed by atoms with van der Waals surface area (Å²) < 4.78 is 14.6. The number of aliphatic hydroxyl groups is 1. The predicted molar refractivity (Wildman–Crippen MR) is 204 cm³/mol. The average Bonchev–Trinajstić information content (AvgIpc) is 3.81. The van der Waals surface area contributed by atoms with E-state index in [-0.39, 0.29) is 36.0 Å². The van der Waals surface area contributed by atoms with Gasteiger partial charge in [-0.3, -0.25) is 14.3 Å². The number of hydrogen-bond acceptors (Lipinski definition) is 8. The smallest absolute Gasteiger partial charge is 0.264 e. The summed E-state index contributed by atoms with van der Waals surface area (Å²) in [6, 6.07) is 23.9. The molecule has 12 heteroatoms. The molecule has 2 amide bonds. The van der Waals surface area contributed by atoms with E-state index in [0.717, 1.165) is 34.0 Å². The third-order valence-electron chi connectivity index (χ3n) is 11.1. The molecule has 4 aromatic rings. The minimum Gasteiger partial charge on any atom is -0.497 e. The van der Waals surface area contributed by atoms with Crippen LogP contribution in [0.3, 0.4) is 0 Å². The molecule has 0 saturated carbocycles. The zero-order valence-electron chi connectivity index (χ0n) is 30.2. The number of fused-ring (bicyclic) bond motifs is 2. The Morgan fingerprint density at radius 2 is 1.85 bits per heavy atom. The molecule has 52 heavy (non-hydrogen) atoms. The van der Waals surface area contributed by atoms with Crippen LogP contribution >= 0.6 is 0 Å². The molecule has 0 bridgehead atoms. The van der Waals surface area contributed by atoms with Crippen molar-refractivity contribution in [3.63, 3.8) is 0 Å². The Morgan fingerprint density at radius 3 is 2.56 bits per heavy atom. The first-order chi connectivity index (χ1) is 25.1. The molecule has 1 spiro atoms. The lowest BCUT2D eigenvalue weighted by Crippen LogP contribution is -2.52. The van der Waals surface area contributed by atoms with Gasteiger partial charge in [0.1, 0.15) is 5.75 Å². The first-order valence-electron chi connectivity index (χ1n) is 18.0. The van der Waals surface area contributed by atoms with Gasteiger partial charge >= 0.3 is 0 Å². The maximum atomic E-state index is 15.0. The molecule has 270 valence electrons. The summed E-state index contributed by atoms with van der Waals surface area (Å²) in [6.07, 6.45) is 5.22. The van der Waals surface area contributed by atoms with E-state index < -0.39 is 13.7 Å². The van der Waals surface area contributed by atoms with E-state index in [2.05, 4.69) is 49.0 Å². The van der Waals surface area contributed by atoms with E-state index in [1.54, 1.807) is 22.8 Å². The van der Waals surface area contributed by atoms with Gasteiger partial charge in [0.05, 0.1) is 44.1 Å². The third kappa shape index (κ3) is 6.08. The number of ether oxygens (including phenoxy) is 2. The summed E-state index contributed by atoms with van der Waals surface area (Å²) in [5, 5.41) is 25.5. The summed E-state index contributed by atoms with van der Waals surface area (Å²) in [6.45, 7) is 11.7. The minimum absolute atomic E-state index is 0.000804. The lowest BCUT2D eigenvalue weighted by Gasteiger charge is -2.37. The Balaban J connectivity index is 1.32. The largest absolute Gasteiger partial charge is 0.497 e. The van der Waals surface area contributed by atoms with Gasteiger partial charge < -0.3 is 19.5 Å². The van der Waals surface area contributed by atoms with Crippen LogP contribution in [0.5, 0.6) is 5.75 Å². The second kappa shape index (κ2) is 14.2. The van der Waals surface area contributed by atoms with Crippen LogP contribution in [-0.2, 0) is 32.9 Å². The van der Waals surface area contributed by atoms with Gasteiger partial charge in [-0.25, -0.2) is 5.01 Å². The molecule has 7 rings (SSSR count). The number of aromatic nitrogens is 3.